The van der Waals surface area contributed by atoms with Crippen molar-refractivity contribution in [3.05, 3.63) is 45.7 Å². The molecule has 2 N–H and O–H groups in total. The molecule has 1 aromatic heterocycles. The Morgan fingerprint density at radius 1 is 1.27 bits per heavy atom. The third kappa shape index (κ3) is 4.47. The summed E-state index contributed by atoms with van der Waals surface area (Å²) in [7, 11) is 1.29. The summed E-state index contributed by atoms with van der Waals surface area (Å²) in [6, 6.07) is 3.24. The lowest BCUT2D eigenvalue weighted by Gasteiger charge is -2.15. The quantitative estimate of drug-likeness (QED) is 0.812. The summed E-state index contributed by atoms with van der Waals surface area (Å²) in [4.78, 5) is 24.3. The molecule has 0 fully saturated rings. The summed E-state index contributed by atoms with van der Waals surface area (Å²) >= 11 is 11.7. The lowest BCUT2D eigenvalue weighted by atomic mass is 10.2. The first-order valence-corrected chi connectivity index (χ1v) is 7.93. The van der Waals surface area contributed by atoms with Crippen LogP contribution in [0.1, 0.15) is 23.0 Å². The lowest BCUT2D eigenvalue weighted by molar-refractivity contribution is -0.140. The van der Waals surface area contributed by atoms with Crippen LogP contribution in [0.15, 0.2) is 24.4 Å². The molecule has 1 heterocycles. The largest absolute Gasteiger partial charge is 0.437 e. The molecule has 140 valence electrons. The number of rotatable bonds is 4. The number of aromatic nitrogens is 2. The van der Waals surface area contributed by atoms with E-state index in [1.807, 2.05) is 0 Å². The number of alkyl halides is 3. The number of nitrogens with one attached hydrogen (secondary N) is 2. The molecule has 0 radical (unpaired) electrons. The van der Waals surface area contributed by atoms with E-state index in [1.165, 1.54) is 32.2 Å². The Bertz CT molecular complexity index is 852. The number of amides is 2. The Morgan fingerprint density at radius 2 is 1.92 bits per heavy atom. The van der Waals surface area contributed by atoms with Gasteiger partial charge in [-0.05, 0) is 19.1 Å². The van der Waals surface area contributed by atoms with Crippen LogP contribution < -0.4 is 10.6 Å². The fourth-order valence-electron chi connectivity index (χ4n) is 2.05. The number of hydrogen-bond donors (Lipinski definition) is 2. The summed E-state index contributed by atoms with van der Waals surface area (Å²) in [6.07, 6.45) is -3.71. The molecule has 26 heavy (non-hydrogen) atoms. The van der Waals surface area contributed by atoms with E-state index in [4.69, 9.17) is 23.2 Å². The number of hydrogen-bond acceptors (Lipinski definition) is 3. The second kappa shape index (κ2) is 7.55. The summed E-state index contributed by atoms with van der Waals surface area (Å²) in [5.41, 5.74) is -1.70. The third-order valence-electron chi connectivity index (χ3n) is 3.29. The topological polar surface area (TPSA) is 76.0 Å². The van der Waals surface area contributed by atoms with E-state index in [1.54, 1.807) is 0 Å². The number of carbonyl (C=O) groups excluding carboxylic acids is 2. The minimum atomic E-state index is -4.73. The van der Waals surface area contributed by atoms with Crippen LogP contribution in [0.2, 0.25) is 10.0 Å². The van der Waals surface area contributed by atoms with Crippen LogP contribution in [0.3, 0.4) is 0 Å². The minimum Gasteiger partial charge on any atom is -0.340 e. The van der Waals surface area contributed by atoms with Crippen LogP contribution in [0.25, 0.3) is 0 Å². The molecular formula is C15H13Cl2F3N4O2. The number of aryl methyl sites for hydroxylation is 1. The second-order valence-corrected chi connectivity index (χ2v) is 6.13. The Hall–Kier alpha value is -2.26. The molecule has 0 aliphatic rings. The van der Waals surface area contributed by atoms with Crippen molar-refractivity contribution in [1.82, 2.24) is 15.1 Å². The van der Waals surface area contributed by atoms with Crippen molar-refractivity contribution in [3.63, 3.8) is 0 Å². The predicted octanol–water partition coefficient (Wildman–Crippen LogP) is 3.50. The van der Waals surface area contributed by atoms with Crippen molar-refractivity contribution in [2.75, 3.05) is 5.32 Å². The van der Waals surface area contributed by atoms with Crippen LogP contribution in [0.4, 0.5) is 18.9 Å². The van der Waals surface area contributed by atoms with E-state index >= 15 is 0 Å². The first-order valence-electron chi connectivity index (χ1n) is 7.17. The number of halogens is 5. The molecule has 11 heteroatoms. The first-order chi connectivity index (χ1) is 12.0. The number of nitrogens with zero attached hydrogens (tertiary/aromatic N) is 2. The zero-order chi connectivity index (χ0) is 19.6. The SMILES string of the molecule is CC(NC(=O)c1cccc(Cl)c1Cl)C(=O)Nc1cn(C)nc1C(F)(F)F. The molecule has 0 aliphatic heterocycles. The van der Waals surface area contributed by atoms with E-state index in [2.05, 4.69) is 15.7 Å². The van der Waals surface area contributed by atoms with Gasteiger partial charge in [0.05, 0.1) is 21.3 Å². The number of benzene rings is 1. The Kier molecular flexibility index (Phi) is 5.82. The zero-order valence-corrected chi connectivity index (χ0v) is 15.0. The van der Waals surface area contributed by atoms with Crippen molar-refractivity contribution in [2.45, 2.75) is 19.1 Å². The molecule has 2 aromatic rings. The van der Waals surface area contributed by atoms with Gasteiger partial charge in [0.2, 0.25) is 5.91 Å². The summed E-state index contributed by atoms with van der Waals surface area (Å²) in [5.74, 6) is -1.54. The van der Waals surface area contributed by atoms with E-state index in [0.29, 0.717) is 0 Å². The smallest absolute Gasteiger partial charge is 0.340 e. The standard InChI is InChI=1S/C15H13Cl2F3N4O2/c1-7(21-14(26)8-4-3-5-9(16)11(8)17)13(25)22-10-6-24(2)23-12(10)15(18,19)20/h3-7H,1-2H3,(H,21,26)(H,22,25). The van der Waals surface area contributed by atoms with E-state index in [9.17, 15) is 22.8 Å². The molecule has 0 bridgehead atoms. The van der Waals surface area contributed by atoms with Crippen molar-refractivity contribution in [1.29, 1.82) is 0 Å². The van der Waals surface area contributed by atoms with E-state index in [-0.39, 0.29) is 15.6 Å². The Labute approximate surface area is 156 Å². The van der Waals surface area contributed by atoms with Gasteiger partial charge in [-0.1, -0.05) is 29.3 Å². The van der Waals surface area contributed by atoms with Gasteiger partial charge in [0.1, 0.15) is 6.04 Å². The van der Waals surface area contributed by atoms with Crippen LogP contribution >= 0.6 is 23.2 Å². The molecule has 1 atom stereocenters. The lowest BCUT2D eigenvalue weighted by Crippen LogP contribution is -2.41. The Morgan fingerprint density at radius 3 is 2.54 bits per heavy atom. The van der Waals surface area contributed by atoms with E-state index in [0.717, 1.165) is 10.9 Å². The molecule has 0 saturated heterocycles. The maximum absolute atomic E-state index is 12.9. The minimum absolute atomic E-state index is 0.00546. The van der Waals surface area contributed by atoms with Gasteiger partial charge in [0.25, 0.3) is 5.91 Å². The van der Waals surface area contributed by atoms with Crippen molar-refractivity contribution in [3.8, 4) is 0 Å². The van der Waals surface area contributed by atoms with Crippen molar-refractivity contribution < 1.29 is 22.8 Å². The fraction of sp³-hybridized carbons (Fsp3) is 0.267. The first kappa shape index (κ1) is 20.1. The number of carbonyl (C=O) groups is 2. The molecule has 0 spiro atoms. The molecule has 2 amide bonds. The Balaban J connectivity index is 2.11. The highest BCUT2D eigenvalue weighted by Gasteiger charge is 2.38. The fourth-order valence-corrected chi connectivity index (χ4v) is 2.44. The highest BCUT2D eigenvalue weighted by molar-refractivity contribution is 6.43. The average Bonchev–Trinajstić information content (AvgIpc) is 2.90. The monoisotopic (exact) mass is 408 g/mol. The second-order valence-electron chi connectivity index (χ2n) is 5.35. The molecule has 1 unspecified atom stereocenters. The van der Waals surface area contributed by atoms with Crippen LogP contribution in [-0.4, -0.2) is 27.6 Å². The zero-order valence-electron chi connectivity index (χ0n) is 13.5. The third-order valence-corrected chi connectivity index (χ3v) is 4.11. The molecule has 6 nitrogen and oxygen atoms in total. The van der Waals surface area contributed by atoms with Gasteiger partial charge in [0, 0.05) is 13.2 Å². The van der Waals surface area contributed by atoms with Crippen LogP contribution in [-0.2, 0) is 18.0 Å². The predicted molar refractivity (Wildman–Crippen MR) is 90.2 cm³/mol. The molecule has 0 saturated carbocycles. The van der Waals surface area contributed by atoms with Gasteiger partial charge < -0.3 is 10.6 Å². The van der Waals surface area contributed by atoms with Gasteiger partial charge in [-0.15, -0.1) is 0 Å². The van der Waals surface area contributed by atoms with Gasteiger partial charge in [-0.25, -0.2) is 0 Å². The van der Waals surface area contributed by atoms with Gasteiger partial charge in [0.15, 0.2) is 5.69 Å². The normalized spacial score (nSPS) is 12.6. The molecule has 0 aliphatic carbocycles. The number of anilines is 1. The molecule has 1 aromatic carbocycles. The highest BCUT2D eigenvalue weighted by atomic mass is 35.5. The van der Waals surface area contributed by atoms with Gasteiger partial charge in [-0.2, -0.15) is 18.3 Å². The van der Waals surface area contributed by atoms with Crippen molar-refractivity contribution in [2.24, 2.45) is 7.05 Å². The van der Waals surface area contributed by atoms with Gasteiger partial charge in [-0.3, -0.25) is 14.3 Å². The average molecular weight is 409 g/mol. The summed E-state index contributed by atoms with van der Waals surface area (Å²) in [6.45, 7) is 1.31. The maximum atomic E-state index is 12.9. The van der Waals surface area contributed by atoms with Gasteiger partial charge >= 0.3 is 6.18 Å². The summed E-state index contributed by atoms with van der Waals surface area (Å²) in [5, 5.41) is 7.89. The summed E-state index contributed by atoms with van der Waals surface area (Å²) < 4.78 is 39.6. The molecular weight excluding hydrogens is 396 g/mol. The van der Waals surface area contributed by atoms with Crippen LogP contribution in [0.5, 0.6) is 0 Å². The maximum Gasteiger partial charge on any atom is 0.437 e. The van der Waals surface area contributed by atoms with Crippen molar-refractivity contribution >= 4 is 40.7 Å². The highest BCUT2D eigenvalue weighted by Crippen LogP contribution is 2.33. The molecule has 2 rings (SSSR count). The van der Waals surface area contributed by atoms with Crippen LogP contribution in [0, 0.1) is 0 Å². The van der Waals surface area contributed by atoms with E-state index < -0.39 is 35.4 Å².